The normalized spacial score (nSPS) is 21.9. The fourth-order valence-corrected chi connectivity index (χ4v) is 5.38. The summed E-state index contributed by atoms with van der Waals surface area (Å²) in [5.74, 6) is 0.817. The summed E-state index contributed by atoms with van der Waals surface area (Å²) in [5, 5.41) is 0.745. The van der Waals surface area contributed by atoms with E-state index in [2.05, 4.69) is 17.0 Å². The topological polar surface area (TPSA) is 21.7 Å². The fourth-order valence-electron chi connectivity index (χ4n) is 5.25. The van der Waals surface area contributed by atoms with E-state index in [-0.39, 0.29) is 11.5 Å². The van der Waals surface area contributed by atoms with Crippen LogP contribution in [0.2, 0.25) is 5.02 Å². The monoisotopic (exact) mass is 481 g/mol. The molecule has 2 aromatic rings. The number of rotatable bonds is 8. The fraction of sp³-hybridized carbons (Fsp3) is 0.538. The summed E-state index contributed by atoms with van der Waals surface area (Å²) in [6.07, 6.45) is 1.32. The van der Waals surface area contributed by atoms with E-state index in [1.807, 2.05) is 12.1 Å². The predicted molar refractivity (Wildman–Crippen MR) is 124 cm³/mol. The van der Waals surface area contributed by atoms with E-state index >= 15 is 0 Å². The minimum atomic E-state index is -4.33. The maximum atomic E-state index is 12.7. The van der Waals surface area contributed by atoms with Gasteiger partial charge in [-0.05, 0) is 74.2 Å². The van der Waals surface area contributed by atoms with E-state index in [1.54, 1.807) is 7.11 Å². The van der Waals surface area contributed by atoms with Gasteiger partial charge in [-0.2, -0.15) is 13.2 Å². The van der Waals surface area contributed by atoms with Crippen LogP contribution in [0.25, 0.3) is 0 Å². The number of hydrogen-bond acceptors (Lipinski definition) is 3. The van der Waals surface area contributed by atoms with Gasteiger partial charge in [0.25, 0.3) is 0 Å². The Morgan fingerprint density at radius 1 is 1.06 bits per heavy atom. The molecule has 1 heterocycles. The minimum Gasteiger partial charge on any atom is -0.493 e. The molecule has 1 aliphatic carbocycles. The molecule has 4 rings (SSSR count). The molecule has 2 aliphatic rings. The van der Waals surface area contributed by atoms with Crippen LogP contribution in [-0.4, -0.2) is 44.4 Å². The largest absolute Gasteiger partial charge is 0.493 e. The number of likely N-dealkylation sites (tertiary alicyclic amines) is 1. The summed E-state index contributed by atoms with van der Waals surface area (Å²) in [6, 6.07) is 13.1. The zero-order chi connectivity index (χ0) is 23.5. The molecule has 33 heavy (non-hydrogen) atoms. The summed E-state index contributed by atoms with van der Waals surface area (Å²) in [7, 11) is 1.80. The zero-order valence-electron chi connectivity index (χ0n) is 18.9. The van der Waals surface area contributed by atoms with Gasteiger partial charge in [0.05, 0.1) is 18.3 Å². The molecule has 1 saturated carbocycles. The number of halogens is 4. The smallest absolute Gasteiger partial charge is 0.416 e. The highest BCUT2D eigenvalue weighted by Gasteiger charge is 2.46. The first-order valence-corrected chi connectivity index (χ1v) is 12.0. The number of piperidine rings is 1. The van der Waals surface area contributed by atoms with Gasteiger partial charge < -0.3 is 14.4 Å². The third kappa shape index (κ3) is 5.67. The van der Waals surface area contributed by atoms with Crippen LogP contribution in [-0.2, 0) is 16.3 Å². The van der Waals surface area contributed by atoms with E-state index in [0.29, 0.717) is 18.3 Å². The Labute approximate surface area is 198 Å². The van der Waals surface area contributed by atoms with Crippen molar-refractivity contribution in [2.75, 3.05) is 33.4 Å². The molecule has 2 unspecified atom stereocenters. The van der Waals surface area contributed by atoms with Gasteiger partial charge in [0.1, 0.15) is 5.75 Å². The van der Waals surface area contributed by atoms with Gasteiger partial charge in [-0.15, -0.1) is 0 Å². The van der Waals surface area contributed by atoms with Crippen molar-refractivity contribution in [3.05, 3.63) is 64.7 Å². The highest BCUT2D eigenvalue weighted by molar-refractivity contribution is 6.30. The lowest BCUT2D eigenvalue weighted by Gasteiger charge is -2.49. The average molecular weight is 482 g/mol. The second-order valence-corrected chi connectivity index (χ2v) is 9.78. The molecule has 180 valence electrons. The third-order valence-corrected chi connectivity index (χ3v) is 7.51. The number of benzene rings is 2. The Kier molecular flexibility index (Phi) is 7.56. The molecular formula is C26H31ClF3NO2. The van der Waals surface area contributed by atoms with Crippen LogP contribution in [0.5, 0.6) is 5.75 Å². The second kappa shape index (κ2) is 10.2. The first-order chi connectivity index (χ1) is 15.8. The number of methoxy groups -OCH3 is 1. The molecule has 7 heteroatoms. The Hall–Kier alpha value is -1.76. The molecule has 2 atom stereocenters. The molecule has 1 saturated heterocycles. The van der Waals surface area contributed by atoms with Gasteiger partial charge in [0.2, 0.25) is 0 Å². The number of nitrogens with zero attached hydrogens (tertiary/aromatic N) is 1. The van der Waals surface area contributed by atoms with Gasteiger partial charge in [-0.25, -0.2) is 0 Å². The summed E-state index contributed by atoms with van der Waals surface area (Å²) in [6.45, 7) is 3.28. The highest BCUT2D eigenvalue weighted by atomic mass is 35.5. The Morgan fingerprint density at radius 3 is 2.33 bits per heavy atom. The van der Waals surface area contributed by atoms with Crippen molar-refractivity contribution in [2.45, 2.75) is 49.8 Å². The van der Waals surface area contributed by atoms with Crippen LogP contribution in [0, 0.1) is 5.92 Å². The van der Waals surface area contributed by atoms with Crippen LogP contribution in [0.4, 0.5) is 13.2 Å². The van der Waals surface area contributed by atoms with E-state index in [1.165, 1.54) is 24.1 Å². The van der Waals surface area contributed by atoms with Gasteiger partial charge >= 0.3 is 6.18 Å². The van der Waals surface area contributed by atoms with Crippen molar-refractivity contribution >= 4 is 11.6 Å². The molecule has 0 bridgehead atoms. The van der Waals surface area contributed by atoms with Crippen LogP contribution in [0.3, 0.4) is 0 Å². The van der Waals surface area contributed by atoms with E-state index in [4.69, 9.17) is 21.1 Å². The Morgan fingerprint density at radius 2 is 1.76 bits per heavy atom. The molecule has 0 N–H and O–H groups in total. The minimum absolute atomic E-state index is 0.0308. The van der Waals surface area contributed by atoms with Crippen molar-refractivity contribution in [3.8, 4) is 5.75 Å². The molecule has 0 spiro atoms. The molecular weight excluding hydrogens is 451 g/mol. The lowest BCUT2D eigenvalue weighted by atomic mass is 9.61. The number of ether oxygens (including phenoxy) is 2. The predicted octanol–water partition coefficient (Wildman–Crippen LogP) is 6.59. The van der Waals surface area contributed by atoms with Crippen LogP contribution in [0.1, 0.15) is 43.2 Å². The summed E-state index contributed by atoms with van der Waals surface area (Å²) >= 11 is 6.11. The molecule has 1 aliphatic heterocycles. The Balaban J connectivity index is 1.34. The van der Waals surface area contributed by atoms with Gasteiger partial charge in [0.15, 0.2) is 0 Å². The lowest BCUT2D eigenvalue weighted by molar-refractivity contribution is -0.137. The third-order valence-electron chi connectivity index (χ3n) is 7.26. The molecule has 3 nitrogen and oxygen atoms in total. The molecule has 0 radical (unpaired) electrons. The molecule has 0 amide bonds. The lowest BCUT2D eigenvalue weighted by Crippen LogP contribution is -2.53. The van der Waals surface area contributed by atoms with Crippen molar-refractivity contribution in [1.29, 1.82) is 0 Å². The first-order valence-electron chi connectivity index (χ1n) is 11.6. The van der Waals surface area contributed by atoms with Gasteiger partial charge in [0, 0.05) is 36.6 Å². The zero-order valence-corrected chi connectivity index (χ0v) is 19.7. The van der Waals surface area contributed by atoms with Crippen LogP contribution >= 0.6 is 11.6 Å². The van der Waals surface area contributed by atoms with Gasteiger partial charge in [-0.1, -0.05) is 30.2 Å². The SMILES string of the molecule is COC(CN1CCCC(COc2ccc(C(F)(F)F)cc2)C1)C1(c2ccc(Cl)cc2)CCC1. The molecule has 2 fully saturated rings. The van der Waals surface area contributed by atoms with E-state index < -0.39 is 11.7 Å². The quantitative estimate of drug-likeness (QED) is 0.424. The second-order valence-electron chi connectivity index (χ2n) is 9.34. The maximum absolute atomic E-state index is 12.7. The van der Waals surface area contributed by atoms with Crippen molar-refractivity contribution in [3.63, 3.8) is 0 Å². The first kappa shape index (κ1) is 24.4. The highest BCUT2D eigenvalue weighted by Crippen LogP contribution is 2.48. The molecule has 0 aromatic heterocycles. The van der Waals surface area contributed by atoms with Gasteiger partial charge in [-0.3, -0.25) is 0 Å². The van der Waals surface area contributed by atoms with E-state index in [0.717, 1.165) is 62.5 Å². The standard InChI is InChI=1S/C26H31ClF3NO2/c1-32-24(25(13-3-14-25)20-5-9-22(27)10-6-20)17-31-15-2-4-19(16-31)18-33-23-11-7-21(8-12-23)26(28,29)30/h5-12,19,24H,2-4,13-18H2,1H3. The summed E-state index contributed by atoms with van der Waals surface area (Å²) in [4.78, 5) is 2.45. The van der Waals surface area contributed by atoms with Crippen molar-refractivity contribution < 1.29 is 22.6 Å². The summed E-state index contributed by atoms with van der Waals surface area (Å²) < 4.78 is 50.1. The number of alkyl halides is 3. The average Bonchev–Trinajstić information content (AvgIpc) is 2.77. The maximum Gasteiger partial charge on any atom is 0.416 e. The Bertz CT molecular complexity index is 897. The summed E-state index contributed by atoms with van der Waals surface area (Å²) in [5.41, 5.74) is 0.669. The van der Waals surface area contributed by atoms with Crippen LogP contribution in [0.15, 0.2) is 48.5 Å². The van der Waals surface area contributed by atoms with Crippen molar-refractivity contribution in [2.24, 2.45) is 5.92 Å². The number of hydrogen-bond donors (Lipinski definition) is 0. The van der Waals surface area contributed by atoms with Crippen molar-refractivity contribution in [1.82, 2.24) is 4.90 Å². The van der Waals surface area contributed by atoms with E-state index in [9.17, 15) is 13.2 Å². The van der Waals surface area contributed by atoms with Crippen LogP contribution < -0.4 is 4.74 Å². The molecule has 2 aromatic carbocycles.